The van der Waals surface area contributed by atoms with E-state index in [0.717, 1.165) is 19.5 Å². The molecule has 0 fully saturated rings. The highest BCUT2D eigenvalue weighted by atomic mass is 16.1. The van der Waals surface area contributed by atoms with Crippen molar-refractivity contribution in [3.05, 3.63) is 12.7 Å². The van der Waals surface area contributed by atoms with E-state index in [9.17, 15) is 4.79 Å². The molecule has 0 aromatic carbocycles. The summed E-state index contributed by atoms with van der Waals surface area (Å²) in [7, 11) is 0. The molecule has 0 saturated carbocycles. The van der Waals surface area contributed by atoms with E-state index in [0.29, 0.717) is 13.1 Å². The van der Waals surface area contributed by atoms with Gasteiger partial charge in [0.05, 0.1) is 0 Å². The minimum Gasteiger partial charge on any atom is -0.351 e. The fraction of sp³-hybridized carbons (Fsp3) is 0.625. The molecule has 0 aliphatic heterocycles. The van der Waals surface area contributed by atoms with E-state index in [4.69, 9.17) is 5.73 Å². The molecule has 0 spiro atoms. The topological polar surface area (TPSA) is 67.2 Å². The third-order valence-corrected chi connectivity index (χ3v) is 1.34. The summed E-state index contributed by atoms with van der Waals surface area (Å²) in [6.45, 7) is 6.36. The first-order valence-corrected chi connectivity index (χ1v) is 4.12. The van der Waals surface area contributed by atoms with Crippen LogP contribution in [0.25, 0.3) is 0 Å². The van der Waals surface area contributed by atoms with Gasteiger partial charge in [-0.3, -0.25) is 4.79 Å². The van der Waals surface area contributed by atoms with Crippen molar-refractivity contribution in [3.63, 3.8) is 0 Å². The molecule has 0 aliphatic carbocycles. The molecule has 0 bridgehead atoms. The van der Waals surface area contributed by atoms with E-state index in [1.54, 1.807) is 0 Å². The highest BCUT2D eigenvalue weighted by Gasteiger charge is 1.90. The van der Waals surface area contributed by atoms with Gasteiger partial charge in [-0.1, -0.05) is 6.58 Å². The third kappa shape index (κ3) is 7.24. The predicted octanol–water partition coefficient (Wildman–Crippen LogP) is -0.773. The summed E-state index contributed by atoms with van der Waals surface area (Å²) >= 11 is 0. The van der Waals surface area contributed by atoms with Crippen LogP contribution in [0.3, 0.4) is 0 Å². The maximum Gasteiger partial charge on any atom is 0.243 e. The summed E-state index contributed by atoms with van der Waals surface area (Å²) in [5.41, 5.74) is 5.29. The van der Waals surface area contributed by atoms with Crippen molar-refractivity contribution in [1.29, 1.82) is 0 Å². The van der Waals surface area contributed by atoms with Crippen molar-refractivity contribution in [2.75, 3.05) is 26.2 Å². The van der Waals surface area contributed by atoms with Crippen LogP contribution in [-0.4, -0.2) is 32.1 Å². The van der Waals surface area contributed by atoms with E-state index in [1.165, 1.54) is 6.08 Å². The Morgan fingerprint density at radius 2 is 2.17 bits per heavy atom. The Hall–Kier alpha value is -0.870. The standard InChI is InChI=1S/C8H17N3O/c1-2-8(12)11-7-6-10-5-3-4-9/h2,10H,1,3-7,9H2,(H,11,12). The quantitative estimate of drug-likeness (QED) is 0.348. The number of nitrogens with two attached hydrogens (primary N) is 1. The first-order valence-electron chi connectivity index (χ1n) is 4.12. The second-order valence-corrected chi connectivity index (χ2v) is 2.39. The zero-order valence-corrected chi connectivity index (χ0v) is 7.31. The molecule has 1 amide bonds. The Labute approximate surface area is 73.2 Å². The molecule has 4 nitrogen and oxygen atoms in total. The molecule has 0 rings (SSSR count). The molecule has 70 valence electrons. The van der Waals surface area contributed by atoms with Gasteiger partial charge in [0.15, 0.2) is 0 Å². The molecule has 0 aliphatic rings. The summed E-state index contributed by atoms with van der Waals surface area (Å²) in [4.78, 5) is 10.6. The summed E-state index contributed by atoms with van der Waals surface area (Å²) in [5.74, 6) is -0.129. The average Bonchev–Trinajstić information content (AvgIpc) is 2.10. The molecule has 0 heterocycles. The molecule has 4 N–H and O–H groups in total. The predicted molar refractivity (Wildman–Crippen MR) is 49.7 cm³/mol. The van der Waals surface area contributed by atoms with E-state index in [-0.39, 0.29) is 5.91 Å². The minimum atomic E-state index is -0.129. The molecule has 0 aromatic heterocycles. The molecule has 0 radical (unpaired) electrons. The Balaban J connectivity index is 3.00. The van der Waals surface area contributed by atoms with Gasteiger partial charge in [-0.05, 0) is 25.6 Å². The van der Waals surface area contributed by atoms with Crippen molar-refractivity contribution in [2.45, 2.75) is 6.42 Å². The van der Waals surface area contributed by atoms with Crippen LogP contribution in [0.15, 0.2) is 12.7 Å². The lowest BCUT2D eigenvalue weighted by Crippen LogP contribution is -2.31. The molecule has 12 heavy (non-hydrogen) atoms. The number of hydrogen-bond donors (Lipinski definition) is 3. The Morgan fingerprint density at radius 1 is 1.42 bits per heavy atom. The third-order valence-electron chi connectivity index (χ3n) is 1.34. The van der Waals surface area contributed by atoms with Crippen LogP contribution in [0.4, 0.5) is 0 Å². The van der Waals surface area contributed by atoms with Crippen molar-refractivity contribution >= 4 is 5.91 Å². The molecule has 0 atom stereocenters. The maximum absolute atomic E-state index is 10.6. The lowest BCUT2D eigenvalue weighted by atomic mass is 10.4. The normalized spacial score (nSPS) is 9.42. The van der Waals surface area contributed by atoms with Gasteiger partial charge >= 0.3 is 0 Å². The van der Waals surface area contributed by atoms with Gasteiger partial charge in [-0.2, -0.15) is 0 Å². The first-order chi connectivity index (χ1) is 5.81. The molecule has 0 saturated heterocycles. The van der Waals surface area contributed by atoms with Crippen LogP contribution < -0.4 is 16.4 Å². The number of amides is 1. The number of carbonyl (C=O) groups is 1. The molecule has 0 unspecified atom stereocenters. The fourth-order valence-electron chi connectivity index (χ4n) is 0.698. The van der Waals surface area contributed by atoms with Gasteiger partial charge < -0.3 is 16.4 Å². The van der Waals surface area contributed by atoms with E-state index in [2.05, 4.69) is 17.2 Å². The largest absolute Gasteiger partial charge is 0.351 e. The molecule has 0 aromatic rings. The first kappa shape index (κ1) is 11.1. The van der Waals surface area contributed by atoms with Crippen molar-refractivity contribution in [2.24, 2.45) is 5.73 Å². The van der Waals surface area contributed by atoms with Crippen molar-refractivity contribution in [3.8, 4) is 0 Å². The molecular weight excluding hydrogens is 154 g/mol. The smallest absolute Gasteiger partial charge is 0.243 e. The van der Waals surface area contributed by atoms with Crippen LogP contribution in [-0.2, 0) is 4.79 Å². The second-order valence-electron chi connectivity index (χ2n) is 2.39. The SMILES string of the molecule is C=CC(=O)NCCNCCCN. The van der Waals surface area contributed by atoms with Gasteiger partial charge in [0.25, 0.3) is 0 Å². The van der Waals surface area contributed by atoms with Crippen LogP contribution >= 0.6 is 0 Å². The summed E-state index contributed by atoms with van der Waals surface area (Å²) < 4.78 is 0. The summed E-state index contributed by atoms with van der Waals surface area (Å²) in [6, 6.07) is 0. The summed E-state index contributed by atoms with van der Waals surface area (Å²) in [6.07, 6.45) is 2.23. The van der Waals surface area contributed by atoms with Crippen LogP contribution in [0.1, 0.15) is 6.42 Å². The number of nitrogens with one attached hydrogen (secondary N) is 2. The summed E-state index contributed by atoms with van der Waals surface area (Å²) in [5, 5.41) is 5.80. The monoisotopic (exact) mass is 171 g/mol. The highest BCUT2D eigenvalue weighted by Crippen LogP contribution is 1.69. The van der Waals surface area contributed by atoms with E-state index >= 15 is 0 Å². The lowest BCUT2D eigenvalue weighted by Gasteiger charge is -2.03. The highest BCUT2D eigenvalue weighted by molar-refractivity contribution is 5.86. The van der Waals surface area contributed by atoms with Gasteiger partial charge in [0, 0.05) is 13.1 Å². The Morgan fingerprint density at radius 3 is 2.75 bits per heavy atom. The van der Waals surface area contributed by atoms with Crippen LogP contribution in [0.2, 0.25) is 0 Å². The van der Waals surface area contributed by atoms with Gasteiger partial charge in [-0.15, -0.1) is 0 Å². The van der Waals surface area contributed by atoms with Gasteiger partial charge in [-0.25, -0.2) is 0 Å². The fourth-order valence-corrected chi connectivity index (χ4v) is 0.698. The number of hydrogen-bond acceptors (Lipinski definition) is 3. The molecule has 4 heteroatoms. The molecular formula is C8H17N3O. The Kier molecular flexibility index (Phi) is 7.63. The zero-order valence-electron chi connectivity index (χ0n) is 7.31. The van der Waals surface area contributed by atoms with Crippen molar-refractivity contribution < 1.29 is 4.79 Å². The van der Waals surface area contributed by atoms with Crippen LogP contribution in [0, 0.1) is 0 Å². The minimum absolute atomic E-state index is 0.129. The van der Waals surface area contributed by atoms with Gasteiger partial charge in [0.1, 0.15) is 0 Å². The zero-order chi connectivity index (χ0) is 9.23. The van der Waals surface area contributed by atoms with Gasteiger partial charge in [0.2, 0.25) is 5.91 Å². The van der Waals surface area contributed by atoms with E-state index < -0.39 is 0 Å². The lowest BCUT2D eigenvalue weighted by molar-refractivity contribution is -0.116. The number of rotatable bonds is 7. The van der Waals surface area contributed by atoms with Crippen molar-refractivity contribution in [1.82, 2.24) is 10.6 Å². The average molecular weight is 171 g/mol. The number of carbonyl (C=O) groups excluding carboxylic acids is 1. The Bertz CT molecular complexity index is 136. The van der Waals surface area contributed by atoms with Crippen LogP contribution in [0.5, 0.6) is 0 Å². The maximum atomic E-state index is 10.6. The second kappa shape index (κ2) is 8.23. The van der Waals surface area contributed by atoms with E-state index in [1.807, 2.05) is 0 Å².